The Bertz CT molecular complexity index is 893. The Labute approximate surface area is 159 Å². The topological polar surface area (TPSA) is 69.2 Å². The van der Waals surface area contributed by atoms with Crippen molar-refractivity contribution in [1.29, 1.82) is 0 Å². The number of methoxy groups -OCH3 is 1. The summed E-state index contributed by atoms with van der Waals surface area (Å²) in [5, 5.41) is 14.5. The van der Waals surface area contributed by atoms with Gasteiger partial charge in [0.05, 0.1) is 12.1 Å². The summed E-state index contributed by atoms with van der Waals surface area (Å²) in [5.41, 5.74) is 1.87. The van der Waals surface area contributed by atoms with E-state index in [-0.39, 0.29) is 6.04 Å². The molecule has 1 saturated heterocycles. The maximum absolute atomic E-state index is 6.09. The number of piperidine rings is 1. The molecule has 7 heteroatoms. The largest absolute Gasteiger partial charge is 0.419 e. The van der Waals surface area contributed by atoms with Crippen LogP contribution in [0, 0.1) is 0 Å². The number of ether oxygens (including phenoxy) is 1. The van der Waals surface area contributed by atoms with Crippen molar-refractivity contribution in [3.8, 4) is 11.6 Å². The van der Waals surface area contributed by atoms with Gasteiger partial charge in [-0.05, 0) is 45.8 Å². The zero-order valence-corrected chi connectivity index (χ0v) is 16.3. The van der Waals surface area contributed by atoms with Crippen LogP contribution in [-0.4, -0.2) is 58.2 Å². The molecule has 144 valence electrons. The number of para-hydroxylation sites is 1. The highest BCUT2D eigenvalue weighted by atomic mass is 16.5. The molecule has 1 aliphatic rings. The van der Waals surface area contributed by atoms with Crippen molar-refractivity contribution in [3.05, 3.63) is 30.2 Å². The van der Waals surface area contributed by atoms with E-state index in [4.69, 9.17) is 14.3 Å². The van der Waals surface area contributed by atoms with Crippen LogP contribution in [0.2, 0.25) is 0 Å². The van der Waals surface area contributed by atoms with Gasteiger partial charge in [-0.2, -0.15) is 5.10 Å². The molecule has 0 atom stereocenters. The molecule has 7 nitrogen and oxygen atoms in total. The molecule has 0 saturated carbocycles. The SMILES string of the molecule is COCCN1CCC(c2nnc(-c3nn(C(C)C)c4ccccc34)o2)CC1. The minimum absolute atomic E-state index is 0.266. The van der Waals surface area contributed by atoms with E-state index >= 15 is 0 Å². The molecule has 4 rings (SSSR count). The van der Waals surface area contributed by atoms with Crippen molar-refractivity contribution in [2.75, 3.05) is 33.4 Å². The summed E-state index contributed by atoms with van der Waals surface area (Å²) >= 11 is 0. The van der Waals surface area contributed by atoms with Gasteiger partial charge in [0.15, 0.2) is 5.69 Å². The van der Waals surface area contributed by atoms with Crippen LogP contribution in [0.25, 0.3) is 22.5 Å². The number of aromatic nitrogens is 4. The summed E-state index contributed by atoms with van der Waals surface area (Å²) in [5.74, 6) is 1.57. The van der Waals surface area contributed by atoms with E-state index in [2.05, 4.69) is 41.1 Å². The monoisotopic (exact) mass is 369 g/mol. The van der Waals surface area contributed by atoms with Crippen molar-refractivity contribution < 1.29 is 9.15 Å². The van der Waals surface area contributed by atoms with Gasteiger partial charge in [-0.1, -0.05) is 18.2 Å². The molecule has 0 spiro atoms. The van der Waals surface area contributed by atoms with Gasteiger partial charge in [-0.15, -0.1) is 10.2 Å². The molecule has 0 N–H and O–H groups in total. The summed E-state index contributed by atoms with van der Waals surface area (Å²) in [6.45, 7) is 8.09. The van der Waals surface area contributed by atoms with E-state index in [9.17, 15) is 0 Å². The summed E-state index contributed by atoms with van der Waals surface area (Å²) in [4.78, 5) is 2.43. The van der Waals surface area contributed by atoms with E-state index < -0.39 is 0 Å². The first-order chi connectivity index (χ1) is 13.2. The third kappa shape index (κ3) is 3.61. The second-order valence-electron chi connectivity index (χ2n) is 7.46. The minimum Gasteiger partial charge on any atom is -0.419 e. The molecule has 1 aliphatic heterocycles. The van der Waals surface area contributed by atoms with Gasteiger partial charge < -0.3 is 14.1 Å². The number of hydrogen-bond acceptors (Lipinski definition) is 6. The van der Waals surface area contributed by atoms with Crippen LogP contribution in [0.3, 0.4) is 0 Å². The highest BCUT2D eigenvalue weighted by Gasteiger charge is 2.26. The van der Waals surface area contributed by atoms with Crippen molar-refractivity contribution >= 4 is 10.9 Å². The van der Waals surface area contributed by atoms with Crippen LogP contribution in [0.5, 0.6) is 0 Å². The van der Waals surface area contributed by atoms with Gasteiger partial charge in [0.1, 0.15) is 0 Å². The molecule has 0 radical (unpaired) electrons. The highest BCUT2D eigenvalue weighted by Crippen LogP contribution is 2.32. The molecule has 2 aromatic heterocycles. The van der Waals surface area contributed by atoms with Crippen LogP contribution >= 0.6 is 0 Å². The van der Waals surface area contributed by atoms with Crippen molar-refractivity contribution in [3.63, 3.8) is 0 Å². The predicted molar refractivity (Wildman–Crippen MR) is 104 cm³/mol. The molecule has 1 fully saturated rings. The van der Waals surface area contributed by atoms with E-state index in [0.29, 0.717) is 11.8 Å². The molecular weight excluding hydrogens is 342 g/mol. The Morgan fingerprint density at radius 3 is 2.70 bits per heavy atom. The standard InChI is InChI=1S/C20H27N5O2/c1-14(2)25-17-7-5-4-6-16(17)18(23-25)20-22-21-19(27-20)15-8-10-24(11-9-15)12-13-26-3/h4-7,14-15H,8-13H2,1-3H3. The lowest BCUT2D eigenvalue weighted by atomic mass is 9.97. The Morgan fingerprint density at radius 2 is 1.96 bits per heavy atom. The van der Waals surface area contributed by atoms with Crippen LogP contribution in [0.15, 0.2) is 28.7 Å². The van der Waals surface area contributed by atoms with Gasteiger partial charge in [-0.25, -0.2) is 0 Å². The number of benzene rings is 1. The Kier molecular flexibility index (Phi) is 5.22. The Balaban J connectivity index is 1.55. The summed E-state index contributed by atoms with van der Waals surface area (Å²) < 4.78 is 13.3. The lowest BCUT2D eigenvalue weighted by molar-refractivity contribution is 0.127. The summed E-state index contributed by atoms with van der Waals surface area (Å²) in [6, 6.07) is 8.46. The van der Waals surface area contributed by atoms with Crippen LogP contribution < -0.4 is 0 Å². The fourth-order valence-corrected chi connectivity index (χ4v) is 3.76. The normalized spacial score (nSPS) is 16.6. The first kappa shape index (κ1) is 18.1. The number of nitrogens with zero attached hydrogens (tertiary/aromatic N) is 5. The van der Waals surface area contributed by atoms with Gasteiger partial charge in [-0.3, -0.25) is 4.68 Å². The van der Waals surface area contributed by atoms with Crippen LogP contribution in [0.1, 0.15) is 44.5 Å². The van der Waals surface area contributed by atoms with E-state index in [1.165, 1.54) is 0 Å². The van der Waals surface area contributed by atoms with Gasteiger partial charge in [0.25, 0.3) is 5.89 Å². The third-order valence-corrected chi connectivity index (χ3v) is 5.29. The lowest BCUT2D eigenvalue weighted by Gasteiger charge is -2.29. The quantitative estimate of drug-likeness (QED) is 0.662. The second kappa shape index (κ2) is 7.78. The zero-order valence-electron chi connectivity index (χ0n) is 16.3. The molecule has 0 unspecified atom stereocenters. The number of hydrogen-bond donors (Lipinski definition) is 0. The number of rotatable bonds is 6. The maximum atomic E-state index is 6.09. The maximum Gasteiger partial charge on any atom is 0.268 e. The summed E-state index contributed by atoms with van der Waals surface area (Å²) in [7, 11) is 1.75. The van der Waals surface area contributed by atoms with Crippen molar-refractivity contribution in [2.45, 2.75) is 38.6 Å². The molecule has 3 aromatic rings. The summed E-state index contributed by atoms with van der Waals surface area (Å²) in [6.07, 6.45) is 2.07. The second-order valence-corrected chi connectivity index (χ2v) is 7.46. The van der Waals surface area contributed by atoms with Gasteiger partial charge in [0.2, 0.25) is 5.89 Å². The first-order valence-electron chi connectivity index (χ1n) is 9.69. The third-order valence-electron chi connectivity index (χ3n) is 5.29. The molecular formula is C20H27N5O2. The van der Waals surface area contributed by atoms with E-state index in [1.54, 1.807) is 7.11 Å². The fourth-order valence-electron chi connectivity index (χ4n) is 3.76. The lowest BCUT2D eigenvalue weighted by Crippen LogP contribution is -2.35. The van der Waals surface area contributed by atoms with E-state index in [1.807, 2.05) is 16.8 Å². The molecule has 0 amide bonds. The number of fused-ring (bicyclic) bond motifs is 1. The zero-order chi connectivity index (χ0) is 18.8. The van der Waals surface area contributed by atoms with Crippen LogP contribution in [-0.2, 0) is 4.74 Å². The van der Waals surface area contributed by atoms with Crippen LogP contribution in [0.4, 0.5) is 0 Å². The Hall–Kier alpha value is -2.25. The molecule has 1 aromatic carbocycles. The minimum atomic E-state index is 0.266. The van der Waals surface area contributed by atoms with Gasteiger partial charge >= 0.3 is 0 Å². The molecule has 3 heterocycles. The number of likely N-dealkylation sites (tertiary alicyclic amines) is 1. The highest BCUT2D eigenvalue weighted by molar-refractivity contribution is 5.91. The average molecular weight is 369 g/mol. The van der Waals surface area contributed by atoms with E-state index in [0.717, 1.165) is 61.6 Å². The molecule has 27 heavy (non-hydrogen) atoms. The van der Waals surface area contributed by atoms with Gasteiger partial charge in [0, 0.05) is 31.0 Å². The predicted octanol–water partition coefficient (Wildman–Crippen LogP) is 3.49. The fraction of sp³-hybridized carbons (Fsp3) is 0.550. The average Bonchev–Trinajstić information content (AvgIpc) is 3.31. The molecule has 0 aliphatic carbocycles. The van der Waals surface area contributed by atoms with Crippen molar-refractivity contribution in [2.24, 2.45) is 0 Å². The first-order valence-corrected chi connectivity index (χ1v) is 9.69. The van der Waals surface area contributed by atoms with Crippen molar-refractivity contribution in [1.82, 2.24) is 24.9 Å². The Morgan fingerprint density at radius 1 is 1.19 bits per heavy atom. The molecule has 0 bridgehead atoms. The smallest absolute Gasteiger partial charge is 0.268 e.